The van der Waals surface area contributed by atoms with Gasteiger partial charge in [0, 0.05) is 18.5 Å². The van der Waals surface area contributed by atoms with Crippen molar-refractivity contribution in [2.45, 2.75) is 32.2 Å². The molecule has 0 aliphatic rings. The zero-order valence-corrected chi connectivity index (χ0v) is 10.0. The summed E-state index contributed by atoms with van der Waals surface area (Å²) in [5.74, 6) is 0.417. The average molecular weight is 239 g/mol. The summed E-state index contributed by atoms with van der Waals surface area (Å²) in [5, 5.41) is 11.7. The minimum atomic E-state index is -0.763. The van der Waals surface area contributed by atoms with Gasteiger partial charge >= 0.3 is 5.97 Å². The number of rotatable bonds is 7. The molecule has 1 aromatic heterocycles. The van der Waals surface area contributed by atoms with E-state index in [2.05, 4.69) is 15.3 Å². The fourth-order valence-electron chi connectivity index (χ4n) is 1.41. The van der Waals surface area contributed by atoms with Crippen LogP contribution in [0.5, 0.6) is 5.88 Å². The number of nitrogens with one attached hydrogen (secondary N) is 1. The third-order valence-corrected chi connectivity index (χ3v) is 2.27. The first-order valence-corrected chi connectivity index (χ1v) is 5.46. The van der Waals surface area contributed by atoms with E-state index in [1.54, 1.807) is 13.2 Å². The maximum Gasteiger partial charge on any atom is 0.303 e. The standard InChI is InChI=1S/C11H17N3O3/c1-8(4-3-5-11(15)16)14-9-6-10(17-2)13-7-12-9/h6-8H,3-5H2,1-2H3,(H,15,16)(H,12,13,14). The third-order valence-electron chi connectivity index (χ3n) is 2.27. The predicted molar refractivity (Wildman–Crippen MR) is 63.2 cm³/mol. The lowest BCUT2D eigenvalue weighted by Crippen LogP contribution is -2.16. The van der Waals surface area contributed by atoms with Crippen molar-refractivity contribution in [3.05, 3.63) is 12.4 Å². The van der Waals surface area contributed by atoms with Gasteiger partial charge in [-0.05, 0) is 19.8 Å². The van der Waals surface area contributed by atoms with Gasteiger partial charge in [-0.1, -0.05) is 0 Å². The monoisotopic (exact) mass is 239 g/mol. The molecule has 1 atom stereocenters. The number of carbonyl (C=O) groups is 1. The molecule has 0 aliphatic heterocycles. The molecule has 1 aromatic rings. The van der Waals surface area contributed by atoms with Crippen molar-refractivity contribution in [3.8, 4) is 5.88 Å². The second kappa shape index (κ2) is 6.67. The van der Waals surface area contributed by atoms with Gasteiger partial charge in [-0.15, -0.1) is 0 Å². The largest absolute Gasteiger partial charge is 0.481 e. The van der Waals surface area contributed by atoms with E-state index in [1.807, 2.05) is 6.92 Å². The van der Waals surface area contributed by atoms with Crippen molar-refractivity contribution < 1.29 is 14.6 Å². The Morgan fingerprint density at radius 3 is 3.00 bits per heavy atom. The topological polar surface area (TPSA) is 84.3 Å². The number of carboxylic acids is 1. The van der Waals surface area contributed by atoms with Crippen LogP contribution in [0.25, 0.3) is 0 Å². The summed E-state index contributed by atoms with van der Waals surface area (Å²) in [6, 6.07) is 1.86. The fourth-order valence-corrected chi connectivity index (χ4v) is 1.41. The van der Waals surface area contributed by atoms with E-state index in [-0.39, 0.29) is 12.5 Å². The van der Waals surface area contributed by atoms with Crippen LogP contribution >= 0.6 is 0 Å². The molecule has 0 saturated carbocycles. The molecule has 0 amide bonds. The Morgan fingerprint density at radius 1 is 1.59 bits per heavy atom. The molecule has 1 rings (SSSR count). The maximum atomic E-state index is 10.4. The van der Waals surface area contributed by atoms with Gasteiger partial charge in [0.15, 0.2) is 0 Å². The Kier molecular flexibility index (Phi) is 5.19. The predicted octanol–water partition coefficient (Wildman–Crippen LogP) is 1.54. The SMILES string of the molecule is COc1cc(NC(C)CCCC(=O)O)ncn1. The molecule has 0 fully saturated rings. The summed E-state index contributed by atoms with van der Waals surface area (Å²) in [6.45, 7) is 1.98. The lowest BCUT2D eigenvalue weighted by molar-refractivity contribution is -0.137. The van der Waals surface area contributed by atoms with Gasteiger partial charge in [0.05, 0.1) is 7.11 Å². The maximum absolute atomic E-state index is 10.4. The highest BCUT2D eigenvalue weighted by atomic mass is 16.5. The summed E-state index contributed by atoms with van der Waals surface area (Å²) in [6.07, 6.45) is 3.04. The Hall–Kier alpha value is -1.85. The fraction of sp³-hybridized carbons (Fsp3) is 0.545. The molecule has 1 heterocycles. The molecule has 17 heavy (non-hydrogen) atoms. The minimum absolute atomic E-state index is 0.161. The van der Waals surface area contributed by atoms with Crippen LogP contribution in [0.3, 0.4) is 0 Å². The van der Waals surface area contributed by atoms with Crippen molar-refractivity contribution in [3.63, 3.8) is 0 Å². The normalized spacial score (nSPS) is 11.9. The first kappa shape index (κ1) is 13.2. The van der Waals surface area contributed by atoms with Gasteiger partial charge in [0.1, 0.15) is 12.1 Å². The molecule has 6 nitrogen and oxygen atoms in total. The number of anilines is 1. The Morgan fingerprint density at radius 2 is 2.35 bits per heavy atom. The Balaban J connectivity index is 2.38. The van der Waals surface area contributed by atoms with Crippen LogP contribution in [-0.4, -0.2) is 34.2 Å². The van der Waals surface area contributed by atoms with Crippen LogP contribution in [0.2, 0.25) is 0 Å². The van der Waals surface area contributed by atoms with Gasteiger partial charge in [-0.3, -0.25) is 4.79 Å². The number of hydrogen-bond donors (Lipinski definition) is 2. The van der Waals surface area contributed by atoms with Crippen LogP contribution in [0.4, 0.5) is 5.82 Å². The van der Waals surface area contributed by atoms with Crippen LogP contribution in [0.1, 0.15) is 26.2 Å². The Labute approximate surface area is 100 Å². The lowest BCUT2D eigenvalue weighted by Gasteiger charge is -2.13. The van der Waals surface area contributed by atoms with Crippen molar-refractivity contribution in [1.29, 1.82) is 0 Å². The number of hydrogen-bond acceptors (Lipinski definition) is 5. The number of aromatic nitrogens is 2. The van der Waals surface area contributed by atoms with Gasteiger partial charge < -0.3 is 15.2 Å². The number of aliphatic carboxylic acids is 1. The number of nitrogens with zero attached hydrogens (tertiary/aromatic N) is 2. The summed E-state index contributed by atoms with van der Waals surface area (Å²) in [5.41, 5.74) is 0. The van der Waals surface area contributed by atoms with E-state index in [0.29, 0.717) is 18.1 Å². The van der Waals surface area contributed by atoms with E-state index in [4.69, 9.17) is 9.84 Å². The quantitative estimate of drug-likeness (QED) is 0.750. The van der Waals surface area contributed by atoms with Crippen LogP contribution in [0, 0.1) is 0 Å². The molecule has 2 N–H and O–H groups in total. The van der Waals surface area contributed by atoms with Gasteiger partial charge in [-0.2, -0.15) is 0 Å². The summed E-state index contributed by atoms with van der Waals surface area (Å²) >= 11 is 0. The van der Waals surface area contributed by atoms with E-state index in [9.17, 15) is 4.79 Å². The molecule has 0 bridgehead atoms. The van der Waals surface area contributed by atoms with Crippen molar-refractivity contribution >= 4 is 11.8 Å². The van der Waals surface area contributed by atoms with Crippen LogP contribution in [0.15, 0.2) is 12.4 Å². The van der Waals surface area contributed by atoms with E-state index in [0.717, 1.165) is 6.42 Å². The second-order valence-corrected chi connectivity index (χ2v) is 3.78. The number of ether oxygens (including phenoxy) is 1. The smallest absolute Gasteiger partial charge is 0.303 e. The zero-order chi connectivity index (χ0) is 12.7. The van der Waals surface area contributed by atoms with E-state index < -0.39 is 5.97 Å². The first-order chi connectivity index (χ1) is 8.11. The van der Waals surface area contributed by atoms with Crippen molar-refractivity contribution in [1.82, 2.24) is 9.97 Å². The first-order valence-electron chi connectivity index (χ1n) is 5.46. The minimum Gasteiger partial charge on any atom is -0.481 e. The summed E-state index contributed by atoms with van der Waals surface area (Å²) in [7, 11) is 1.54. The molecule has 0 saturated heterocycles. The second-order valence-electron chi connectivity index (χ2n) is 3.78. The highest BCUT2D eigenvalue weighted by molar-refractivity contribution is 5.66. The molecule has 0 spiro atoms. The van der Waals surface area contributed by atoms with Crippen LogP contribution < -0.4 is 10.1 Å². The van der Waals surface area contributed by atoms with Crippen LogP contribution in [-0.2, 0) is 4.79 Å². The summed E-state index contributed by atoms with van der Waals surface area (Å²) in [4.78, 5) is 18.3. The average Bonchev–Trinajstić information content (AvgIpc) is 2.28. The van der Waals surface area contributed by atoms with Gasteiger partial charge in [0.25, 0.3) is 0 Å². The van der Waals surface area contributed by atoms with Gasteiger partial charge in [0.2, 0.25) is 5.88 Å². The molecule has 0 aliphatic carbocycles. The number of carboxylic acid groups (broad SMARTS) is 1. The summed E-state index contributed by atoms with van der Waals surface area (Å²) < 4.78 is 4.98. The highest BCUT2D eigenvalue weighted by Crippen LogP contribution is 2.13. The molecule has 0 aromatic carbocycles. The van der Waals surface area contributed by atoms with E-state index >= 15 is 0 Å². The lowest BCUT2D eigenvalue weighted by atomic mass is 10.1. The Bertz CT molecular complexity index is 371. The molecule has 0 radical (unpaired) electrons. The molecular formula is C11H17N3O3. The van der Waals surface area contributed by atoms with Crippen molar-refractivity contribution in [2.75, 3.05) is 12.4 Å². The molecular weight excluding hydrogens is 222 g/mol. The zero-order valence-electron chi connectivity index (χ0n) is 10.0. The van der Waals surface area contributed by atoms with Gasteiger partial charge in [-0.25, -0.2) is 9.97 Å². The van der Waals surface area contributed by atoms with Crippen molar-refractivity contribution in [2.24, 2.45) is 0 Å². The number of methoxy groups -OCH3 is 1. The molecule has 6 heteroatoms. The van der Waals surface area contributed by atoms with E-state index in [1.165, 1.54) is 6.33 Å². The third kappa shape index (κ3) is 5.14. The molecule has 94 valence electrons. The molecule has 1 unspecified atom stereocenters. The highest BCUT2D eigenvalue weighted by Gasteiger charge is 2.05.